The molecule has 110 valence electrons. The zero-order valence-corrected chi connectivity index (χ0v) is 13.6. The number of hydrogen-bond acceptors (Lipinski definition) is 2. The second-order valence-corrected chi connectivity index (χ2v) is 6.36. The van der Waals surface area contributed by atoms with Gasteiger partial charge in [0.1, 0.15) is 5.75 Å². The molecule has 3 heteroatoms. The summed E-state index contributed by atoms with van der Waals surface area (Å²) in [7, 11) is 0. The van der Waals surface area contributed by atoms with Gasteiger partial charge in [-0.15, -0.1) is 0 Å². The Hall–Kier alpha value is -1.32. The van der Waals surface area contributed by atoms with Gasteiger partial charge in [-0.3, -0.25) is 0 Å². The minimum atomic E-state index is -0.440. The normalized spacial score (nSPS) is 15.8. The lowest BCUT2D eigenvalue weighted by atomic mass is 9.93. The molecule has 2 nitrogen and oxygen atoms in total. The van der Waals surface area contributed by atoms with Gasteiger partial charge in [0.15, 0.2) is 0 Å². The Morgan fingerprint density at radius 3 is 2.43 bits per heavy atom. The highest BCUT2D eigenvalue weighted by molar-refractivity contribution is 9.10. The van der Waals surface area contributed by atoms with E-state index in [1.165, 1.54) is 11.1 Å². The zero-order valence-electron chi connectivity index (χ0n) is 12.1. The van der Waals surface area contributed by atoms with Crippen molar-refractivity contribution in [1.29, 1.82) is 0 Å². The molecule has 1 N–H and O–H groups in total. The van der Waals surface area contributed by atoms with Crippen LogP contribution in [0.3, 0.4) is 0 Å². The molecular weight excluding hydrogens is 328 g/mol. The number of rotatable bonds is 4. The number of aliphatic hydroxyl groups excluding tert-OH is 1. The highest BCUT2D eigenvalue weighted by Gasteiger charge is 2.28. The van der Waals surface area contributed by atoms with Gasteiger partial charge in [0.2, 0.25) is 0 Å². The van der Waals surface area contributed by atoms with E-state index in [-0.39, 0.29) is 5.92 Å². The van der Waals surface area contributed by atoms with Crippen LogP contribution in [0.4, 0.5) is 0 Å². The van der Waals surface area contributed by atoms with E-state index in [1.807, 2.05) is 25.1 Å². The fourth-order valence-electron chi connectivity index (χ4n) is 3.06. The Kier molecular flexibility index (Phi) is 4.32. The molecule has 3 rings (SSSR count). The maximum absolute atomic E-state index is 10.7. The van der Waals surface area contributed by atoms with E-state index < -0.39 is 6.10 Å². The van der Waals surface area contributed by atoms with Crippen LogP contribution in [0.1, 0.15) is 29.7 Å². The maximum Gasteiger partial charge on any atom is 0.133 e. The molecule has 0 saturated carbocycles. The van der Waals surface area contributed by atoms with Crippen molar-refractivity contribution in [2.45, 2.75) is 25.9 Å². The van der Waals surface area contributed by atoms with E-state index in [0.717, 1.165) is 28.6 Å². The molecule has 1 aliphatic carbocycles. The summed E-state index contributed by atoms with van der Waals surface area (Å²) >= 11 is 3.52. The first-order valence-corrected chi connectivity index (χ1v) is 8.15. The third kappa shape index (κ3) is 2.99. The SMILES string of the molecule is CCOc1ccc(C(O)C2Cc3ccccc3C2)cc1Br. The quantitative estimate of drug-likeness (QED) is 0.894. The first-order valence-electron chi connectivity index (χ1n) is 7.36. The second kappa shape index (κ2) is 6.20. The molecule has 2 aromatic carbocycles. The van der Waals surface area contributed by atoms with Gasteiger partial charge >= 0.3 is 0 Å². The summed E-state index contributed by atoms with van der Waals surface area (Å²) in [6.45, 7) is 2.60. The summed E-state index contributed by atoms with van der Waals surface area (Å²) in [5.41, 5.74) is 3.68. The van der Waals surface area contributed by atoms with Crippen molar-refractivity contribution in [2.75, 3.05) is 6.61 Å². The van der Waals surface area contributed by atoms with Gasteiger partial charge in [-0.25, -0.2) is 0 Å². The lowest BCUT2D eigenvalue weighted by Gasteiger charge is -2.19. The van der Waals surface area contributed by atoms with Crippen LogP contribution in [0.5, 0.6) is 5.75 Å². The highest BCUT2D eigenvalue weighted by atomic mass is 79.9. The fraction of sp³-hybridized carbons (Fsp3) is 0.333. The number of fused-ring (bicyclic) bond motifs is 1. The van der Waals surface area contributed by atoms with Gasteiger partial charge in [0.25, 0.3) is 0 Å². The zero-order chi connectivity index (χ0) is 14.8. The van der Waals surface area contributed by atoms with Crippen LogP contribution in [-0.4, -0.2) is 11.7 Å². The molecule has 1 aliphatic rings. The van der Waals surface area contributed by atoms with Crippen molar-refractivity contribution in [3.8, 4) is 5.75 Å². The largest absolute Gasteiger partial charge is 0.493 e. The Labute approximate surface area is 133 Å². The van der Waals surface area contributed by atoms with Crippen LogP contribution >= 0.6 is 15.9 Å². The topological polar surface area (TPSA) is 29.5 Å². The van der Waals surface area contributed by atoms with Gasteiger partial charge in [0, 0.05) is 0 Å². The van der Waals surface area contributed by atoms with Crippen LogP contribution < -0.4 is 4.74 Å². The number of hydrogen-bond donors (Lipinski definition) is 1. The first-order chi connectivity index (χ1) is 10.2. The van der Waals surface area contributed by atoms with E-state index in [0.29, 0.717) is 6.61 Å². The number of ether oxygens (including phenoxy) is 1. The maximum atomic E-state index is 10.7. The van der Waals surface area contributed by atoms with E-state index >= 15 is 0 Å². The number of aliphatic hydroxyl groups is 1. The van der Waals surface area contributed by atoms with Crippen molar-refractivity contribution < 1.29 is 9.84 Å². The lowest BCUT2D eigenvalue weighted by Crippen LogP contribution is -2.13. The van der Waals surface area contributed by atoms with Crippen molar-refractivity contribution >= 4 is 15.9 Å². The smallest absolute Gasteiger partial charge is 0.133 e. The van der Waals surface area contributed by atoms with Crippen molar-refractivity contribution in [1.82, 2.24) is 0 Å². The predicted molar refractivity (Wildman–Crippen MR) is 87.6 cm³/mol. The van der Waals surface area contributed by atoms with E-state index in [9.17, 15) is 5.11 Å². The third-order valence-corrected chi connectivity index (χ3v) is 4.75. The van der Waals surface area contributed by atoms with Gasteiger partial charge < -0.3 is 9.84 Å². The summed E-state index contributed by atoms with van der Waals surface area (Å²) < 4.78 is 6.42. The molecule has 0 bridgehead atoms. The molecule has 2 aromatic rings. The number of halogens is 1. The van der Waals surface area contributed by atoms with Gasteiger partial charge in [-0.1, -0.05) is 30.3 Å². The van der Waals surface area contributed by atoms with Crippen molar-refractivity contribution in [2.24, 2.45) is 5.92 Å². The first kappa shape index (κ1) is 14.6. The molecule has 21 heavy (non-hydrogen) atoms. The molecule has 0 saturated heterocycles. The summed E-state index contributed by atoms with van der Waals surface area (Å²) in [4.78, 5) is 0. The molecule has 0 amide bonds. The summed E-state index contributed by atoms with van der Waals surface area (Å²) in [5, 5.41) is 10.7. The fourth-order valence-corrected chi connectivity index (χ4v) is 3.57. The Morgan fingerprint density at radius 1 is 1.19 bits per heavy atom. The molecule has 0 spiro atoms. The predicted octanol–water partition coefficient (Wildman–Crippen LogP) is 4.30. The van der Waals surface area contributed by atoms with Crippen molar-refractivity contribution in [3.63, 3.8) is 0 Å². The minimum Gasteiger partial charge on any atom is -0.493 e. The number of benzene rings is 2. The molecule has 1 atom stereocenters. The Balaban J connectivity index is 1.77. The van der Waals surface area contributed by atoms with E-state index in [2.05, 4.69) is 40.2 Å². The molecule has 0 aromatic heterocycles. The van der Waals surface area contributed by atoms with Gasteiger partial charge in [0.05, 0.1) is 17.2 Å². The average molecular weight is 347 g/mol. The summed E-state index contributed by atoms with van der Waals surface area (Å²) in [5.74, 6) is 1.08. The molecule has 0 fully saturated rings. The van der Waals surface area contributed by atoms with Crippen LogP contribution in [0.15, 0.2) is 46.9 Å². The van der Waals surface area contributed by atoms with Gasteiger partial charge in [-0.2, -0.15) is 0 Å². The second-order valence-electron chi connectivity index (χ2n) is 5.50. The van der Waals surface area contributed by atoms with E-state index in [1.54, 1.807) is 0 Å². The monoisotopic (exact) mass is 346 g/mol. The molecule has 1 unspecified atom stereocenters. The summed E-state index contributed by atoms with van der Waals surface area (Å²) in [6.07, 6.45) is 1.45. The molecule has 0 radical (unpaired) electrons. The van der Waals surface area contributed by atoms with Crippen LogP contribution in [0, 0.1) is 5.92 Å². The highest BCUT2D eigenvalue weighted by Crippen LogP contribution is 2.37. The minimum absolute atomic E-state index is 0.257. The van der Waals surface area contributed by atoms with Crippen molar-refractivity contribution in [3.05, 3.63) is 63.6 Å². The molecular formula is C18H19BrO2. The lowest BCUT2D eigenvalue weighted by molar-refractivity contribution is 0.113. The Morgan fingerprint density at radius 2 is 1.86 bits per heavy atom. The Bertz CT molecular complexity index is 614. The van der Waals surface area contributed by atoms with Crippen LogP contribution in [0.2, 0.25) is 0 Å². The molecule has 0 aliphatic heterocycles. The van der Waals surface area contributed by atoms with Gasteiger partial charge in [-0.05, 0) is 70.4 Å². The third-order valence-electron chi connectivity index (χ3n) is 4.13. The van der Waals surface area contributed by atoms with E-state index in [4.69, 9.17) is 4.74 Å². The van der Waals surface area contributed by atoms with Crippen LogP contribution in [0.25, 0.3) is 0 Å². The molecule has 0 heterocycles. The average Bonchev–Trinajstić information content (AvgIpc) is 2.92. The summed E-state index contributed by atoms with van der Waals surface area (Å²) in [6, 6.07) is 14.3. The van der Waals surface area contributed by atoms with Crippen LogP contribution in [-0.2, 0) is 12.8 Å². The standard InChI is InChI=1S/C18H19BrO2/c1-2-21-17-8-7-14(11-16(17)19)18(20)15-9-12-5-3-4-6-13(12)10-15/h3-8,11,15,18,20H,2,9-10H2,1H3.